The molecule has 2 aromatic rings. The zero-order valence-electron chi connectivity index (χ0n) is 11.3. The molecule has 2 aromatic heterocycles. The fourth-order valence-corrected chi connectivity index (χ4v) is 3.14. The molecule has 0 radical (unpaired) electrons. The summed E-state index contributed by atoms with van der Waals surface area (Å²) in [4.78, 5) is 6.12. The molecule has 2 rings (SSSR count). The van der Waals surface area contributed by atoms with Gasteiger partial charge in [0.15, 0.2) is 0 Å². The Bertz CT molecular complexity index is 617. The summed E-state index contributed by atoms with van der Waals surface area (Å²) in [5.74, 6) is 0. The first-order valence-electron chi connectivity index (χ1n) is 6.04. The van der Waals surface area contributed by atoms with Crippen molar-refractivity contribution in [2.45, 2.75) is 27.3 Å². The Balaban J connectivity index is 2.29. The first kappa shape index (κ1) is 14.0. The molecule has 0 bridgehead atoms. The van der Waals surface area contributed by atoms with E-state index in [1.165, 1.54) is 10.4 Å². The number of aromatic nitrogens is 1. The van der Waals surface area contributed by atoms with Crippen molar-refractivity contribution in [2.24, 2.45) is 5.73 Å². The maximum atomic E-state index is 5.80. The molecule has 0 aliphatic carbocycles. The second kappa shape index (κ2) is 5.67. The number of thiocarbonyl (C=S) groups is 1. The molecule has 0 saturated carbocycles. The lowest BCUT2D eigenvalue weighted by molar-refractivity contribution is 1.09. The number of nitrogens with one attached hydrogen (secondary N) is 1. The summed E-state index contributed by atoms with van der Waals surface area (Å²) in [6.45, 7) is 6.80. The van der Waals surface area contributed by atoms with E-state index in [0.29, 0.717) is 4.99 Å². The molecular formula is C14H17N3S2. The van der Waals surface area contributed by atoms with Crippen LogP contribution in [0.25, 0.3) is 0 Å². The van der Waals surface area contributed by atoms with Gasteiger partial charge in [-0.15, -0.1) is 11.3 Å². The number of hydrogen-bond acceptors (Lipinski definition) is 4. The Hall–Kier alpha value is -1.46. The lowest BCUT2D eigenvalue weighted by atomic mass is 10.1. The molecule has 0 aliphatic heterocycles. The van der Waals surface area contributed by atoms with Gasteiger partial charge in [0.1, 0.15) is 4.99 Å². The molecule has 0 aromatic carbocycles. The zero-order valence-corrected chi connectivity index (χ0v) is 12.9. The van der Waals surface area contributed by atoms with Crippen LogP contribution in [0.2, 0.25) is 0 Å². The molecular weight excluding hydrogens is 274 g/mol. The van der Waals surface area contributed by atoms with Gasteiger partial charge in [0.25, 0.3) is 0 Å². The summed E-state index contributed by atoms with van der Waals surface area (Å²) < 4.78 is 0. The van der Waals surface area contributed by atoms with Gasteiger partial charge < -0.3 is 11.1 Å². The van der Waals surface area contributed by atoms with Crippen molar-refractivity contribution in [3.05, 3.63) is 44.9 Å². The van der Waals surface area contributed by atoms with Gasteiger partial charge >= 0.3 is 0 Å². The third-order valence-corrected chi connectivity index (χ3v) is 4.21. The van der Waals surface area contributed by atoms with Gasteiger partial charge in [0.05, 0.1) is 5.56 Å². The normalized spacial score (nSPS) is 10.5. The average Bonchev–Trinajstić information content (AvgIpc) is 2.70. The van der Waals surface area contributed by atoms with Gasteiger partial charge in [-0.2, -0.15) is 0 Å². The van der Waals surface area contributed by atoms with Gasteiger partial charge in [0, 0.05) is 28.5 Å². The maximum Gasteiger partial charge on any atom is 0.107 e. The highest BCUT2D eigenvalue weighted by Crippen LogP contribution is 2.22. The van der Waals surface area contributed by atoms with Crippen molar-refractivity contribution in [1.29, 1.82) is 0 Å². The largest absolute Gasteiger partial charge is 0.389 e. The van der Waals surface area contributed by atoms with Gasteiger partial charge in [-0.25, -0.2) is 0 Å². The topological polar surface area (TPSA) is 50.9 Å². The number of nitrogens with zero attached hydrogens (tertiary/aromatic N) is 1. The van der Waals surface area contributed by atoms with Crippen molar-refractivity contribution in [3.8, 4) is 0 Å². The van der Waals surface area contributed by atoms with E-state index < -0.39 is 0 Å². The molecule has 3 nitrogen and oxygen atoms in total. The van der Waals surface area contributed by atoms with Crippen LogP contribution < -0.4 is 11.1 Å². The van der Waals surface area contributed by atoms with Crippen molar-refractivity contribution in [1.82, 2.24) is 4.98 Å². The average molecular weight is 291 g/mol. The van der Waals surface area contributed by atoms with Crippen LogP contribution >= 0.6 is 23.6 Å². The van der Waals surface area contributed by atoms with Crippen LogP contribution in [-0.2, 0) is 6.54 Å². The summed E-state index contributed by atoms with van der Waals surface area (Å²) in [5.41, 5.74) is 10.7. The Morgan fingerprint density at radius 3 is 2.74 bits per heavy atom. The van der Waals surface area contributed by atoms with Crippen molar-refractivity contribution in [2.75, 3.05) is 5.32 Å². The first-order chi connectivity index (χ1) is 8.99. The molecule has 5 heteroatoms. The minimum atomic E-state index is 0.385. The smallest absolute Gasteiger partial charge is 0.107 e. The zero-order chi connectivity index (χ0) is 14.0. The summed E-state index contributed by atoms with van der Waals surface area (Å²) in [7, 11) is 0. The SMILES string of the molecule is Cc1cc(NCc2sccc2C)c(C(N)=S)c(C)n1. The Morgan fingerprint density at radius 1 is 1.42 bits per heavy atom. The molecule has 0 atom stereocenters. The Morgan fingerprint density at radius 2 is 2.16 bits per heavy atom. The monoisotopic (exact) mass is 291 g/mol. The second-order valence-electron chi connectivity index (χ2n) is 4.52. The minimum absolute atomic E-state index is 0.385. The lowest BCUT2D eigenvalue weighted by Gasteiger charge is -2.14. The third-order valence-electron chi connectivity index (χ3n) is 2.98. The van der Waals surface area contributed by atoms with Crippen LogP contribution in [0, 0.1) is 20.8 Å². The fourth-order valence-electron chi connectivity index (χ4n) is 2.04. The first-order valence-corrected chi connectivity index (χ1v) is 7.32. The van der Waals surface area contributed by atoms with E-state index in [-0.39, 0.29) is 0 Å². The number of pyridine rings is 1. The molecule has 0 saturated heterocycles. The van der Waals surface area contributed by atoms with Crippen molar-refractivity contribution >= 4 is 34.2 Å². The quantitative estimate of drug-likeness (QED) is 0.849. The molecule has 100 valence electrons. The third kappa shape index (κ3) is 3.11. The van der Waals surface area contributed by atoms with Gasteiger partial charge in [0.2, 0.25) is 0 Å². The van der Waals surface area contributed by atoms with Crippen LogP contribution in [0.4, 0.5) is 5.69 Å². The summed E-state index contributed by atoms with van der Waals surface area (Å²) in [6.07, 6.45) is 0. The molecule has 0 amide bonds. The number of aryl methyl sites for hydroxylation is 3. The highest BCUT2D eigenvalue weighted by Gasteiger charge is 2.11. The van der Waals surface area contributed by atoms with E-state index in [4.69, 9.17) is 18.0 Å². The molecule has 0 aliphatic rings. The van der Waals surface area contributed by atoms with Gasteiger partial charge in [-0.1, -0.05) is 12.2 Å². The number of nitrogens with two attached hydrogens (primary N) is 1. The number of rotatable bonds is 4. The lowest BCUT2D eigenvalue weighted by Crippen LogP contribution is -2.16. The fraction of sp³-hybridized carbons (Fsp3) is 0.286. The molecule has 0 unspecified atom stereocenters. The Kier molecular flexibility index (Phi) is 4.17. The second-order valence-corrected chi connectivity index (χ2v) is 5.96. The van der Waals surface area contributed by atoms with Crippen LogP contribution in [0.3, 0.4) is 0 Å². The van der Waals surface area contributed by atoms with Gasteiger partial charge in [-0.05, 0) is 43.8 Å². The van der Waals surface area contributed by atoms with Crippen molar-refractivity contribution < 1.29 is 0 Å². The maximum absolute atomic E-state index is 5.80. The van der Waals surface area contributed by atoms with E-state index >= 15 is 0 Å². The summed E-state index contributed by atoms with van der Waals surface area (Å²) in [5, 5.41) is 5.52. The highest BCUT2D eigenvalue weighted by atomic mass is 32.1. The van der Waals surface area contributed by atoms with E-state index in [1.807, 2.05) is 19.9 Å². The summed E-state index contributed by atoms with van der Waals surface area (Å²) in [6, 6.07) is 4.11. The number of hydrogen-bond donors (Lipinski definition) is 2. The summed E-state index contributed by atoms with van der Waals surface area (Å²) >= 11 is 6.87. The molecule has 19 heavy (non-hydrogen) atoms. The molecule has 3 N–H and O–H groups in total. The van der Waals surface area contributed by atoms with Crippen molar-refractivity contribution in [3.63, 3.8) is 0 Å². The standard InChI is InChI=1S/C14H17N3S2/c1-8-4-5-19-12(8)7-16-11-6-9(2)17-10(3)13(11)14(15)18/h4-6H,7H2,1-3H3,(H2,15,18)(H,16,17). The van der Waals surface area contributed by atoms with Crippen LogP contribution in [-0.4, -0.2) is 9.97 Å². The van der Waals surface area contributed by atoms with E-state index in [9.17, 15) is 0 Å². The highest BCUT2D eigenvalue weighted by molar-refractivity contribution is 7.80. The van der Waals surface area contributed by atoms with Gasteiger partial charge in [-0.3, -0.25) is 4.98 Å². The number of thiophene rings is 1. The van der Waals surface area contributed by atoms with Crippen LogP contribution in [0.1, 0.15) is 27.4 Å². The van der Waals surface area contributed by atoms with E-state index in [0.717, 1.165) is 29.2 Å². The van der Waals surface area contributed by atoms with Crippen LogP contribution in [0.5, 0.6) is 0 Å². The predicted octanol–water partition coefficient (Wildman–Crippen LogP) is 3.31. The molecule has 2 heterocycles. The minimum Gasteiger partial charge on any atom is -0.389 e. The predicted molar refractivity (Wildman–Crippen MR) is 86.0 cm³/mol. The number of anilines is 1. The van der Waals surface area contributed by atoms with E-state index in [1.54, 1.807) is 11.3 Å². The Labute approximate surface area is 122 Å². The van der Waals surface area contributed by atoms with Crippen LogP contribution in [0.15, 0.2) is 17.5 Å². The molecule has 0 spiro atoms. The molecule has 0 fully saturated rings. The van der Waals surface area contributed by atoms with E-state index in [2.05, 4.69) is 28.7 Å².